The van der Waals surface area contributed by atoms with Gasteiger partial charge in [0.15, 0.2) is 5.13 Å². The number of rotatable bonds is 12. The maximum absolute atomic E-state index is 11.1. The van der Waals surface area contributed by atoms with Crippen LogP contribution in [0.5, 0.6) is 0 Å². The minimum Gasteiger partial charge on any atom is -0.384 e. The second-order valence-electron chi connectivity index (χ2n) is 7.69. The molecule has 0 spiro atoms. The highest BCUT2D eigenvalue weighted by molar-refractivity contribution is 7.86. The fourth-order valence-electron chi connectivity index (χ4n) is 3.03. The Hall–Kier alpha value is -3.35. The van der Waals surface area contributed by atoms with Gasteiger partial charge in [-0.05, 0) is 42.5 Å². The minimum absolute atomic E-state index is 0.0324. The van der Waals surface area contributed by atoms with Crippen LogP contribution in [0.15, 0.2) is 42.5 Å². The van der Waals surface area contributed by atoms with E-state index in [1.807, 2.05) is 0 Å². The van der Waals surface area contributed by atoms with Gasteiger partial charge in [0, 0.05) is 29.5 Å². The van der Waals surface area contributed by atoms with Gasteiger partial charge >= 0.3 is 0 Å². The summed E-state index contributed by atoms with van der Waals surface area (Å²) in [7, 11) is -8.25. The molecule has 4 aromatic rings. The number of hydrogen-bond acceptors (Lipinski definition) is 13. The molecule has 0 fully saturated rings. The summed E-state index contributed by atoms with van der Waals surface area (Å²) in [4.78, 5) is 17.3. The van der Waals surface area contributed by atoms with E-state index in [9.17, 15) is 16.8 Å². The Morgan fingerprint density at radius 2 is 1.32 bits per heavy atom. The Morgan fingerprint density at radius 1 is 0.737 bits per heavy atom. The lowest BCUT2D eigenvalue weighted by Gasteiger charge is -2.11. The van der Waals surface area contributed by atoms with Crippen LogP contribution in [-0.2, 0) is 20.2 Å². The summed E-state index contributed by atoms with van der Waals surface area (Å²) in [6, 6.07) is 12.0. The van der Waals surface area contributed by atoms with E-state index >= 15 is 0 Å². The normalized spacial score (nSPS) is 11.9. The summed E-state index contributed by atoms with van der Waals surface area (Å²) in [5.74, 6) is -0.697. The number of halogens is 1. The van der Waals surface area contributed by atoms with Crippen molar-refractivity contribution in [1.29, 1.82) is 0 Å². The number of nitrogens with zero attached hydrogens (tertiary/aromatic N) is 4. The molecule has 2 aromatic carbocycles. The second kappa shape index (κ2) is 11.6. The van der Waals surface area contributed by atoms with Crippen LogP contribution in [0.25, 0.3) is 10.2 Å². The van der Waals surface area contributed by atoms with E-state index in [0.717, 1.165) is 10.2 Å². The van der Waals surface area contributed by atoms with Crippen molar-refractivity contribution < 1.29 is 25.9 Å². The third-order valence-corrected chi connectivity index (χ3v) is 7.29. The molecule has 4 rings (SSSR count). The van der Waals surface area contributed by atoms with Gasteiger partial charge in [-0.15, -0.1) is 0 Å². The number of fused-ring (bicyclic) bond motifs is 1. The maximum atomic E-state index is 11.1. The van der Waals surface area contributed by atoms with E-state index in [4.69, 9.17) is 20.7 Å². The van der Waals surface area contributed by atoms with Crippen LogP contribution >= 0.6 is 22.9 Å². The number of hydrogen-bond donors (Lipinski definition) is 6. The van der Waals surface area contributed by atoms with Crippen LogP contribution in [0.1, 0.15) is 0 Å². The number of thiazole rings is 1. The van der Waals surface area contributed by atoms with Crippen molar-refractivity contribution in [3.05, 3.63) is 47.5 Å². The van der Waals surface area contributed by atoms with Crippen molar-refractivity contribution in [2.24, 2.45) is 0 Å². The first kappa shape index (κ1) is 27.7. The molecule has 2 heterocycles. The molecule has 0 radical (unpaired) electrons. The molecule has 0 aliphatic carbocycles. The molecule has 18 heteroatoms. The van der Waals surface area contributed by atoms with Crippen LogP contribution in [0.4, 0.5) is 34.4 Å². The zero-order valence-electron chi connectivity index (χ0n) is 19.3. The average Bonchev–Trinajstić information content (AvgIpc) is 3.19. The highest BCUT2D eigenvalue weighted by atomic mass is 35.5. The largest absolute Gasteiger partial charge is 0.384 e. The van der Waals surface area contributed by atoms with E-state index in [1.54, 1.807) is 42.5 Å². The monoisotopic (exact) mass is 600 g/mol. The Labute approximate surface area is 226 Å². The summed E-state index contributed by atoms with van der Waals surface area (Å²) in [6.07, 6.45) is 0. The van der Waals surface area contributed by atoms with E-state index in [2.05, 4.69) is 41.2 Å². The molecule has 0 unspecified atom stereocenters. The molecular weight excluding hydrogens is 580 g/mol. The number of aromatic nitrogens is 4. The summed E-state index contributed by atoms with van der Waals surface area (Å²) in [5.41, 5.74) is 1.94. The lowest BCUT2D eigenvalue weighted by molar-refractivity contribution is 0.481. The SMILES string of the molecule is O=S(=O)(O)CCNc1ccc(Nc2nc(NCCS(=O)(=O)O)nc(Nc3nc4ccc(Cl)cc4s3)n2)cc1. The van der Waals surface area contributed by atoms with Crippen LogP contribution in [0.2, 0.25) is 5.02 Å². The van der Waals surface area contributed by atoms with E-state index < -0.39 is 31.7 Å². The second-order valence-corrected chi connectivity index (χ2v) is 12.3. The van der Waals surface area contributed by atoms with Crippen molar-refractivity contribution in [1.82, 2.24) is 19.9 Å². The first-order chi connectivity index (χ1) is 17.9. The Morgan fingerprint density at radius 3 is 1.97 bits per heavy atom. The Bertz CT molecular complexity index is 1650. The third kappa shape index (κ3) is 8.61. The summed E-state index contributed by atoms with van der Waals surface area (Å²) < 4.78 is 62.5. The smallest absolute Gasteiger partial charge is 0.266 e. The van der Waals surface area contributed by atoms with Gasteiger partial charge in [-0.2, -0.15) is 31.8 Å². The van der Waals surface area contributed by atoms with Crippen LogP contribution in [0.3, 0.4) is 0 Å². The van der Waals surface area contributed by atoms with Gasteiger partial charge in [0.05, 0.1) is 21.7 Å². The number of anilines is 6. The highest BCUT2D eigenvalue weighted by Gasteiger charge is 2.12. The molecular formula is C20H21ClN8O6S3. The maximum Gasteiger partial charge on any atom is 0.266 e. The predicted octanol–water partition coefficient (Wildman–Crippen LogP) is 3.22. The van der Waals surface area contributed by atoms with Crippen molar-refractivity contribution in [3.63, 3.8) is 0 Å². The summed E-state index contributed by atoms with van der Waals surface area (Å²) in [5, 5.41) is 12.7. The first-order valence-corrected chi connectivity index (χ1v) is 15.2. The average molecular weight is 601 g/mol. The van der Waals surface area contributed by atoms with Gasteiger partial charge < -0.3 is 16.0 Å². The van der Waals surface area contributed by atoms with Crippen LogP contribution in [-0.4, -0.2) is 70.5 Å². The van der Waals surface area contributed by atoms with Crippen molar-refractivity contribution in [2.75, 3.05) is 45.9 Å². The molecule has 2 aromatic heterocycles. The molecule has 14 nitrogen and oxygen atoms in total. The lowest BCUT2D eigenvalue weighted by Crippen LogP contribution is -2.17. The van der Waals surface area contributed by atoms with Crippen molar-refractivity contribution in [2.45, 2.75) is 0 Å². The first-order valence-electron chi connectivity index (χ1n) is 10.8. The number of benzene rings is 2. The third-order valence-electron chi connectivity index (χ3n) is 4.68. The molecule has 0 aliphatic rings. The molecule has 0 bridgehead atoms. The van der Waals surface area contributed by atoms with Gasteiger partial charge in [0.2, 0.25) is 17.8 Å². The fraction of sp³-hybridized carbons (Fsp3) is 0.200. The molecule has 0 aliphatic heterocycles. The topological polar surface area (TPSA) is 208 Å². The zero-order valence-corrected chi connectivity index (χ0v) is 22.5. The molecule has 6 N–H and O–H groups in total. The molecule has 202 valence electrons. The fourth-order valence-corrected chi connectivity index (χ4v) is 4.89. The molecule has 0 saturated carbocycles. The predicted molar refractivity (Wildman–Crippen MR) is 147 cm³/mol. The molecule has 0 saturated heterocycles. The van der Waals surface area contributed by atoms with Crippen LogP contribution in [0, 0.1) is 0 Å². The van der Waals surface area contributed by atoms with Gasteiger partial charge in [0.1, 0.15) is 0 Å². The molecule has 0 amide bonds. The van der Waals surface area contributed by atoms with E-state index in [0.29, 0.717) is 21.5 Å². The van der Waals surface area contributed by atoms with Crippen LogP contribution < -0.4 is 21.3 Å². The standard InChI is InChI=1S/C20H21ClN8O6S3/c21-12-1-6-15-16(11-12)36-20(25-15)29-19-27-17(23-8-10-38(33,34)35)26-18(28-19)24-14-4-2-13(3-5-14)22-7-9-37(30,31)32/h1-6,11,22H,7-10H2,(H,30,31,32)(H,33,34,35)(H3,23,24,25,26,27,28,29). The van der Waals surface area contributed by atoms with E-state index in [1.165, 1.54) is 11.3 Å². The summed E-state index contributed by atoms with van der Waals surface area (Å²) >= 11 is 7.38. The highest BCUT2D eigenvalue weighted by Crippen LogP contribution is 2.30. The lowest BCUT2D eigenvalue weighted by atomic mass is 10.3. The van der Waals surface area contributed by atoms with Gasteiger partial charge in [-0.25, -0.2) is 4.98 Å². The zero-order chi connectivity index (χ0) is 27.3. The minimum atomic E-state index is -4.19. The molecule has 38 heavy (non-hydrogen) atoms. The number of nitrogens with one attached hydrogen (secondary N) is 4. The quantitative estimate of drug-likeness (QED) is 0.129. The van der Waals surface area contributed by atoms with E-state index in [-0.39, 0.29) is 30.9 Å². The van der Waals surface area contributed by atoms with Gasteiger partial charge in [-0.3, -0.25) is 14.4 Å². The summed E-state index contributed by atoms with van der Waals surface area (Å²) in [6.45, 7) is -0.115. The molecule has 0 atom stereocenters. The van der Waals surface area contributed by atoms with Gasteiger partial charge in [0.25, 0.3) is 20.2 Å². The van der Waals surface area contributed by atoms with Crippen molar-refractivity contribution >= 4 is 87.7 Å². The Balaban J connectivity index is 1.52. The van der Waals surface area contributed by atoms with Crippen molar-refractivity contribution in [3.8, 4) is 0 Å². The Kier molecular flexibility index (Phi) is 8.44. The van der Waals surface area contributed by atoms with Gasteiger partial charge in [-0.1, -0.05) is 22.9 Å².